The molecule has 0 spiro atoms. The van der Waals surface area contributed by atoms with Gasteiger partial charge >= 0.3 is 0 Å². The highest BCUT2D eigenvalue weighted by Crippen LogP contribution is 2.55. The number of ether oxygens (including phenoxy) is 2. The molecule has 8 rings (SSSR count). The van der Waals surface area contributed by atoms with Gasteiger partial charge in [-0.15, -0.1) is 0 Å². The van der Waals surface area contributed by atoms with E-state index in [4.69, 9.17) is 9.47 Å². The summed E-state index contributed by atoms with van der Waals surface area (Å²) >= 11 is 0. The van der Waals surface area contributed by atoms with Crippen molar-refractivity contribution in [1.82, 2.24) is 0 Å². The van der Waals surface area contributed by atoms with E-state index in [1.807, 2.05) is 12.1 Å². The fraction of sp³-hybridized carbons (Fsp3) is 0.0526. The summed E-state index contributed by atoms with van der Waals surface area (Å²) in [6.07, 6.45) is 0. The molecule has 0 radical (unpaired) electrons. The Morgan fingerprint density at radius 2 is 0.738 bits per heavy atom. The zero-order valence-electron chi connectivity index (χ0n) is 23.4. The van der Waals surface area contributed by atoms with E-state index in [0.717, 1.165) is 56.4 Å². The van der Waals surface area contributed by atoms with E-state index in [1.54, 1.807) is 14.2 Å². The molecule has 42 heavy (non-hydrogen) atoms. The molecule has 0 bridgehead atoms. The molecular formula is C38H28N2O2. The molecule has 7 aromatic carbocycles. The van der Waals surface area contributed by atoms with Crippen molar-refractivity contribution in [3.8, 4) is 11.5 Å². The van der Waals surface area contributed by atoms with E-state index in [1.165, 1.54) is 21.5 Å². The number of anilines is 6. The largest absolute Gasteiger partial charge is 0.497 e. The monoisotopic (exact) mass is 544 g/mol. The van der Waals surface area contributed by atoms with Gasteiger partial charge in [0.15, 0.2) is 0 Å². The van der Waals surface area contributed by atoms with E-state index in [9.17, 15) is 0 Å². The van der Waals surface area contributed by atoms with Gasteiger partial charge in [-0.1, -0.05) is 60.7 Å². The van der Waals surface area contributed by atoms with Crippen LogP contribution >= 0.6 is 0 Å². The Bertz CT molecular complexity index is 2000. The zero-order chi connectivity index (χ0) is 28.2. The van der Waals surface area contributed by atoms with Crippen molar-refractivity contribution < 1.29 is 9.47 Å². The number of rotatable bonds is 4. The van der Waals surface area contributed by atoms with Crippen molar-refractivity contribution in [2.45, 2.75) is 0 Å². The minimum absolute atomic E-state index is 0.861. The molecule has 0 saturated carbocycles. The van der Waals surface area contributed by atoms with Gasteiger partial charge in [-0.3, -0.25) is 0 Å². The lowest BCUT2D eigenvalue weighted by Crippen LogP contribution is -2.24. The number of hydrogen-bond acceptors (Lipinski definition) is 4. The number of hydrogen-bond donors (Lipinski definition) is 0. The fourth-order valence-corrected chi connectivity index (χ4v) is 6.19. The topological polar surface area (TPSA) is 24.9 Å². The summed E-state index contributed by atoms with van der Waals surface area (Å²) < 4.78 is 10.9. The van der Waals surface area contributed by atoms with Crippen LogP contribution in [0.25, 0.3) is 32.3 Å². The van der Waals surface area contributed by atoms with Crippen molar-refractivity contribution in [3.63, 3.8) is 0 Å². The van der Waals surface area contributed by atoms with E-state index in [2.05, 4.69) is 131 Å². The molecule has 1 heterocycles. The normalized spacial score (nSPS) is 12.4. The highest BCUT2D eigenvalue weighted by Gasteiger charge is 2.31. The van der Waals surface area contributed by atoms with Crippen molar-refractivity contribution in [2.24, 2.45) is 0 Å². The first kappa shape index (κ1) is 24.3. The highest BCUT2D eigenvalue weighted by molar-refractivity contribution is 6.07. The standard InChI is InChI=1S/C38H28N2O2/c1-41-33-17-13-27-19-31(15-11-29(27)21-33)39-35-9-5-6-10-36(35)40(38-24-26-8-4-3-7-25(26)23-37(38)39)32-16-12-30-22-34(42-2)18-14-28(30)20-32/h3-24H,1-2H3. The Morgan fingerprint density at radius 3 is 1.19 bits per heavy atom. The maximum Gasteiger partial charge on any atom is 0.119 e. The molecule has 0 aromatic heterocycles. The molecule has 7 aromatic rings. The molecule has 4 nitrogen and oxygen atoms in total. The second-order valence-electron chi connectivity index (χ2n) is 10.6. The van der Waals surface area contributed by atoms with Gasteiger partial charge in [0.25, 0.3) is 0 Å². The number of nitrogens with zero attached hydrogens (tertiary/aromatic N) is 2. The highest BCUT2D eigenvalue weighted by atomic mass is 16.5. The summed E-state index contributed by atoms with van der Waals surface area (Å²) in [6.45, 7) is 0. The Labute approximate surface area is 244 Å². The van der Waals surface area contributed by atoms with Crippen molar-refractivity contribution in [3.05, 3.63) is 133 Å². The average molecular weight is 545 g/mol. The summed E-state index contributed by atoms with van der Waals surface area (Å²) in [5.74, 6) is 1.72. The number of para-hydroxylation sites is 2. The third-order valence-corrected chi connectivity index (χ3v) is 8.27. The summed E-state index contributed by atoms with van der Waals surface area (Å²) in [6, 6.07) is 47.7. The maximum absolute atomic E-state index is 5.47. The summed E-state index contributed by atoms with van der Waals surface area (Å²) in [4.78, 5) is 4.78. The Balaban J connectivity index is 1.37. The van der Waals surface area contributed by atoms with Crippen LogP contribution in [0.5, 0.6) is 11.5 Å². The van der Waals surface area contributed by atoms with Gasteiger partial charge in [0.1, 0.15) is 11.5 Å². The van der Waals surface area contributed by atoms with Crippen LogP contribution in [-0.2, 0) is 0 Å². The second kappa shape index (κ2) is 9.57. The van der Waals surface area contributed by atoms with Gasteiger partial charge in [0.2, 0.25) is 0 Å². The summed E-state index contributed by atoms with van der Waals surface area (Å²) in [7, 11) is 3.42. The molecule has 0 amide bonds. The minimum Gasteiger partial charge on any atom is -0.497 e. The van der Waals surface area contributed by atoms with Crippen LogP contribution in [0.3, 0.4) is 0 Å². The summed E-state index contributed by atoms with van der Waals surface area (Å²) in [5, 5.41) is 7.04. The van der Waals surface area contributed by atoms with Crippen LogP contribution in [0.15, 0.2) is 133 Å². The zero-order valence-corrected chi connectivity index (χ0v) is 23.4. The first-order chi connectivity index (χ1) is 20.7. The predicted octanol–water partition coefficient (Wildman–Crippen LogP) is 10.4. The first-order valence-corrected chi connectivity index (χ1v) is 14.1. The second-order valence-corrected chi connectivity index (χ2v) is 10.6. The van der Waals surface area contributed by atoms with Gasteiger partial charge in [0, 0.05) is 11.4 Å². The smallest absolute Gasteiger partial charge is 0.119 e. The SMILES string of the molecule is COc1ccc2cc(N3c4ccccc4N(c4ccc5cc(OC)ccc5c4)c4cc5ccccc5cc43)ccc2c1. The lowest BCUT2D eigenvalue weighted by Gasteiger charge is -2.40. The number of benzene rings is 7. The minimum atomic E-state index is 0.861. The van der Waals surface area contributed by atoms with E-state index >= 15 is 0 Å². The molecule has 1 aliphatic rings. The Morgan fingerprint density at radius 1 is 0.357 bits per heavy atom. The van der Waals surface area contributed by atoms with Crippen LogP contribution in [0, 0.1) is 0 Å². The molecule has 0 saturated heterocycles. The molecule has 4 heteroatoms. The van der Waals surface area contributed by atoms with Crippen LogP contribution in [0.1, 0.15) is 0 Å². The average Bonchev–Trinajstić information content (AvgIpc) is 3.05. The Kier molecular flexibility index (Phi) is 5.54. The van der Waals surface area contributed by atoms with Crippen LogP contribution in [0.2, 0.25) is 0 Å². The number of methoxy groups -OCH3 is 2. The summed E-state index contributed by atoms with van der Waals surface area (Å²) in [5.41, 5.74) is 6.75. The molecule has 0 unspecified atom stereocenters. The predicted molar refractivity (Wildman–Crippen MR) is 175 cm³/mol. The Hall–Kier alpha value is -5.48. The van der Waals surface area contributed by atoms with Gasteiger partial charge in [-0.25, -0.2) is 0 Å². The molecule has 0 aliphatic carbocycles. The third kappa shape index (κ3) is 3.84. The van der Waals surface area contributed by atoms with Gasteiger partial charge in [-0.2, -0.15) is 0 Å². The van der Waals surface area contributed by atoms with Crippen LogP contribution < -0.4 is 19.3 Å². The fourth-order valence-electron chi connectivity index (χ4n) is 6.19. The van der Waals surface area contributed by atoms with E-state index < -0.39 is 0 Å². The van der Waals surface area contributed by atoms with Crippen molar-refractivity contribution in [1.29, 1.82) is 0 Å². The van der Waals surface area contributed by atoms with Crippen LogP contribution in [0.4, 0.5) is 34.1 Å². The van der Waals surface area contributed by atoms with Crippen LogP contribution in [-0.4, -0.2) is 14.2 Å². The van der Waals surface area contributed by atoms with E-state index in [-0.39, 0.29) is 0 Å². The lowest BCUT2D eigenvalue weighted by atomic mass is 9.99. The molecular weight excluding hydrogens is 516 g/mol. The molecule has 0 atom stereocenters. The van der Waals surface area contributed by atoms with Gasteiger partial charge in [-0.05, 0) is 105 Å². The van der Waals surface area contributed by atoms with Gasteiger partial charge in [0.05, 0.1) is 37.0 Å². The molecule has 0 N–H and O–H groups in total. The maximum atomic E-state index is 5.47. The third-order valence-electron chi connectivity index (χ3n) is 8.27. The van der Waals surface area contributed by atoms with Gasteiger partial charge < -0.3 is 19.3 Å². The quantitative estimate of drug-likeness (QED) is 0.220. The number of fused-ring (bicyclic) bond motifs is 5. The molecule has 0 fully saturated rings. The molecule has 1 aliphatic heterocycles. The van der Waals surface area contributed by atoms with Crippen molar-refractivity contribution in [2.75, 3.05) is 24.0 Å². The van der Waals surface area contributed by atoms with E-state index in [0.29, 0.717) is 0 Å². The van der Waals surface area contributed by atoms with Crippen molar-refractivity contribution >= 4 is 66.4 Å². The lowest BCUT2D eigenvalue weighted by molar-refractivity contribution is 0.415. The molecule has 202 valence electrons. The first-order valence-electron chi connectivity index (χ1n) is 14.1.